The molecule has 0 aliphatic heterocycles. The molecule has 2 rings (SSSR count). The fourth-order valence-electron chi connectivity index (χ4n) is 2.09. The van der Waals surface area contributed by atoms with Crippen molar-refractivity contribution in [1.82, 2.24) is 0 Å². The largest absolute Gasteiger partial charge is 0.507 e. The zero-order valence-corrected chi connectivity index (χ0v) is 14.4. The lowest BCUT2D eigenvalue weighted by Crippen LogP contribution is -2.18. The number of carbonyl (C=O) groups excluding carboxylic acids is 1. The molecule has 1 amide bonds. The van der Waals surface area contributed by atoms with Gasteiger partial charge in [0.05, 0.1) is 3.57 Å². The molecule has 110 valence electrons. The highest BCUT2D eigenvalue weighted by Gasteiger charge is 2.19. The molecule has 4 heteroatoms. The van der Waals surface area contributed by atoms with Crippen molar-refractivity contribution in [3.63, 3.8) is 0 Å². The van der Waals surface area contributed by atoms with E-state index in [4.69, 9.17) is 0 Å². The summed E-state index contributed by atoms with van der Waals surface area (Å²) in [6, 6.07) is 12.7. The minimum absolute atomic E-state index is 0.0575. The SMILES string of the molecule is CC(C)(C)c1ccccc1NC(=O)c1ccc(I)c(O)c1. The van der Waals surface area contributed by atoms with Crippen molar-refractivity contribution in [2.45, 2.75) is 26.2 Å². The number of rotatable bonds is 2. The van der Waals surface area contributed by atoms with Gasteiger partial charge in [0.25, 0.3) is 5.91 Å². The molecule has 0 aliphatic carbocycles. The Bertz CT molecular complexity index is 675. The van der Waals surface area contributed by atoms with E-state index >= 15 is 0 Å². The Morgan fingerprint density at radius 3 is 2.43 bits per heavy atom. The first-order chi connectivity index (χ1) is 9.79. The Labute approximate surface area is 138 Å². The summed E-state index contributed by atoms with van der Waals surface area (Å²) in [7, 11) is 0. The molecule has 0 saturated heterocycles. The maximum absolute atomic E-state index is 12.3. The third-order valence-corrected chi connectivity index (χ3v) is 4.10. The van der Waals surface area contributed by atoms with Gasteiger partial charge in [0.1, 0.15) is 5.75 Å². The van der Waals surface area contributed by atoms with E-state index in [2.05, 4.69) is 26.1 Å². The number of benzene rings is 2. The number of para-hydroxylation sites is 1. The van der Waals surface area contributed by atoms with Crippen LogP contribution in [0, 0.1) is 3.57 Å². The topological polar surface area (TPSA) is 49.3 Å². The van der Waals surface area contributed by atoms with E-state index in [-0.39, 0.29) is 17.1 Å². The number of phenols is 1. The van der Waals surface area contributed by atoms with Gasteiger partial charge in [-0.2, -0.15) is 0 Å². The predicted octanol–water partition coefficient (Wildman–Crippen LogP) is 4.55. The van der Waals surface area contributed by atoms with E-state index in [9.17, 15) is 9.90 Å². The summed E-state index contributed by atoms with van der Waals surface area (Å²) >= 11 is 2.02. The number of halogens is 1. The second kappa shape index (κ2) is 6.05. The molecule has 2 aromatic rings. The van der Waals surface area contributed by atoms with Crippen LogP contribution in [-0.4, -0.2) is 11.0 Å². The summed E-state index contributed by atoms with van der Waals surface area (Å²) in [5.74, 6) is -0.106. The van der Waals surface area contributed by atoms with Crippen LogP contribution in [0.3, 0.4) is 0 Å². The first-order valence-corrected chi connectivity index (χ1v) is 7.76. The van der Waals surface area contributed by atoms with Crippen molar-refractivity contribution >= 4 is 34.2 Å². The molecule has 0 radical (unpaired) electrons. The lowest BCUT2D eigenvalue weighted by atomic mass is 9.86. The molecule has 0 spiro atoms. The molecule has 0 aromatic heterocycles. The van der Waals surface area contributed by atoms with Crippen LogP contribution in [0.2, 0.25) is 0 Å². The van der Waals surface area contributed by atoms with E-state index in [1.807, 2.05) is 46.9 Å². The van der Waals surface area contributed by atoms with Crippen LogP contribution in [0.1, 0.15) is 36.7 Å². The van der Waals surface area contributed by atoms with Crippen LogP contribution in [0.4, 0.5) is 5.69 Å². The third-order valence-electron chi connectivity index (χ3n) is 3.19. The van der Waals surface area contributed by atoms with Gasteiger partial charge in [0, 0.05) is 11.3 Å². The first-order valence-electron chi connectivity index (χ1n) is 6.68. The Morgan fingerprint density at radius 2 is 1.81 bits per heavy atom. The standard InChI is InChI=1S/C17H18INO2/c1-17(2,3)12-6-4-5-7-14(12)19-16(21)11-8-9-13(18)15(20)10-11/h4-10,20H,1-3H3,(H,19,21). The number of amides is 1. The summed E-state index contributed by atoms with van der Waals surface area (Å²) < 4.78 is 0.722. The minimum Gasteiger partial charge on any atom is -0.507 e. The number of nitrogens with one attached hydrogen (secondary N) is 1. The van der Waals surface area contributed by atoms with Gasteiger partial charge in [-0.15, -0.1) is 0 Å². The lowest BCUT2D eigenvalue weighted by molar-refractivity contribution is 0.102. The maximum Gasteiger partial charge on any atom is 0.255 e. The summed E-state index contributed by atoms with van der Waals surface area (Å²) in [6.45, 7) is 6.32. The summed E-state index contributed by atoms with van der Waals surface area (Å²) in [5, 5.41) is 12.6. The molecule has 0 heterocycles. The number of anilines is 1. The van der Waals surface area contributed by atoms with Crippen molar-refractivity contribution in [3.8, 4) is 5.75 Å². The molecule has 0 atom stereocenters. The highest BCUT2D eigenvalue weighted by atomic mass is 127. The third kappa shape index (κ3) is 3.75. The van der Waals surface area contributed by atoms with Crippen molar-refractivity contribution in [2.24, 2.45) is 0 Å². The summed E-state index contributed by atoms with van der Waals surface area (Å²) in [6.07, 6.45) is 0. The number of aromatic hydroxyl groups is 1. The Kier molecular flexibility index (Phi) is 4.56. The van der Waals surface area contributed by atoms with Crippen molar-refractivity contribution in [1.29, 1.82) is 0 Å². The quantitative estimate of drug-likeness (QED) is 0.734. The second-order valence-corrected chi connectivity index (χ2v) is 7.08. The molecule has 0 bridgehead atoms. The highest BCUT2D eigenvalue weighted by Crippen LogP contribution is 2.30. The molecule has 2 aromatic carbocycles. The second-order valence-electron chi connectivity index (χ2n) is 5.92. The predicted molar refractivity (Wildman–Crippen MR) is 93.9 cm³/mol. The summed E-state index contributed by atoms with van der Waals surface area (Å²) in [5.41, 5.74) is 2.26. The zero-order valence-electron chi connectivity index (χ0n) is 12.3. The van der Waals surface area contributed by atoms with Gasteiger partial charge in [-0.1, -0.05) is 39.0 Å². The number of hydrogen-bond acceptors (Lipinski definition) is 2. The Balaban J connectivity index is 2.30. The lowest BCUT2D eigenvalue weighted by Gasteiger charge is -2.23. The smallest absolute Gasteiger partial charge is 0.255 e. The number of hydrogen-bond donors (Lipinski definition) is 2. The molecule has 21 heavy (non-hydrogen) atoms. The molecular formula is C17H18INO2. The average Bonchev–Trinajstić information content (AvgIpc) is 2.41. The molecule has 0 saturated carbocycles. The fraction of sp³-hybridized carbons (Fsp3) is 0.235. The van der Waals surface area contributed by atoms with Gasteiger partial charge in [0.15, 0.2) is 0 Å². The summed E-state index contributed by atoms with van der Waals surface area (Å²) in [4.78, 5) is 12.3. The minimum atomic E-state index is -0.224. The van der Waals surface area contributed by atoms with Gasteiger partial charge in [-0.3, -0.25) is 4.79 Å². The van der Waals surface area contributed by atoms with Crippen molar-refractivity contribution in [2.75, 3.05) is 5.32 Å². The van der Waals surface area contributed by atoms with E-state index < -0.39 is 0 Å². The molecular weight excluding hydrogens is 377 g/mol. The Morgan fingerprint density at radius 1 is 1.14 bits per heavy atom. The van der Waals surface area contributed by atoms with Crippen molar-refractivity contribution < 1.29 is 9.90 Å². The molecule has 0 fully saturated rings. The van der Waals surface area contributed by atoms with Crippen LogP contribution in [0.15, 0.2) is 42.5 Å². The molecule has 0 aliphatic rings. The van der Waals surface area contributed by atoms with Crippen LogP contribution >= 0.6 is 22.6 Å². The maximum atomic E-state index is 12.3. The zero-order chi connectivity index (χ0) is 15.6. The van der Waals surface area contributed by atoms with E-state index in [1.165, 1.54) is 6.07 Å². The van der Waals surface area contributed by atoms with Gasteiger partial charge < -0.3 is 10.4 Å². The van der Waals surface area contributed by atoms with Crippen LogP contribution < -0.4 is 5.32 Å². The van der Waals surface area contributed by atoms with Crippen LogP contribution in [0.25, 0.3) is 0 Å². The molecule has 3 nitrogen and oxygen atoms in total. The Hall–Kier alpha value is -1.56. The first kappa shape index (κ1) is 15.8. The number of phenolic OH excluding ortho intramolecular Hbond substituents is 1. The highest BCUT2D eigenvalue weighted by molar-refractivity contribution is 14.1. The average molecular weight is 395 g/mol. The van der Waals surface area contributed by atoms with E-state index in [0.717, 1.165) is 14.8 Å². The monoisotopic (exact) mass is 395 g/mol. The normalized spacial score (nSPS) is 11.2. The van der Waals surface area contributed by atoms with Gasteiger partial charge >= 0.3 is 0 Å². The van der Waals surface area contributed by atoms with Gasteiger partial charge in [0.2, 0.25) is 0 Å². The van der Waals surface area contributed by atoms with Crippen molar-refractivity contribution in [3.05, 3.63) is 57.2 Å². The van der Waals surface area contributed by atoms with Gasteiger partial charge in [-0.05, 0) is 57.8 Å². The number of carbonyl (C=O) groups is 1. The van der Waals surface area contributed by atoms with Crippen LogP contribution in [-0.2, 0) is 5.41 Å². The van der Waals surface area contributed by atoms with E-state index in [0.29, 0.717) is 5.56 Å². The van der Waals surface area contributed by atoms with Gasteiger partial charge in [-0.25, -0.2) is 0 Å². The molecule has 2 N–H and O–H groups in total. The van der Waals surface area contributed by atoms with Crippen LogP contribution in [0.5, 0.6) is 5.75 Å². The fourth-order valence-corrected chi connectivity index (χ4v) is 2.43. The van der Waals surface area contributed by atoms with E-state index in [1.54, 1.807) is 12.1 Å². The molecule has 0 unspecified atom stereocenters.